The minimum Gasteiger partial charge on any atom is -0.463 e. The van der Waals surface area contributed by atoms with Crippen molar-refractivity contribution in [3.05, 3.63) is 69.8 Å². The number of ether oxygens (including phenoxy) is 2. The summed E-state index contributed by atoms with van der Waals surface area (Å²) in [5.74, 6) is -1.20. The van der Waals surface area contributed by atoms with Crippen LogP contribution in [0.2, 0.25) is 0 Å². The number of nitrogens with one attached hydrogen (secondary N) is 2. The third-order valence-electron chi connectivity index (χ3n) is 4.32. The van der Waals surface area contributed by atoms with Gasteiger partial charge < -0.3 is 14.8 Å². The molecule has 0 radical (unpaired) electrons. The van der Waals surface area contributed by atoms with Crippen LogP contribution in [-0.2, 0) is 14.3 Å². The van der Waals surface area contributed by atoms with E-state index in [1.165, 1.54) is 30.3 Å². The molecule has 2 rings (SSSR count). The van der Waals surface area contributed by atoms with Gasteiger partial charge in [0, 0.05) is 17.3 Å². The number of hydrogen-bond acceptors (Lipinski definition) is 7. The quantitative estimate of drug-likeness (QED) is 0.322. The molecule has 1 atom stereocenters. The van der Waals surface area contributed by atoms with Crippen LogP contribution < -0.4 is 10.6 Å². The summed E-state index contributed by atoms with van der Waals surface area (Å²) in [6, 6.07) is 10.9. The summed E-state index contributed by atoms with van der Waals surface area (Å²) in [4.78, 5) is 48.3. The van der Waals surface area contributed by atoms with Crippen LogP contribution in [0.1, 0.15) is 63.0 Å². The fraction of sp³-hybridized carbons (Fsp3) is 0.375. The molecule has 0 spiro atoms. The van der Waals surface area contributed by atoms with Gasteiger partial charge in [-0.05, 0) is 52.8 Å². The topological polar surface area (TPSA) is 137 Å². The van der Waals surface area contributed by atoms with Gasteiger partial charge in [0.1, 0.15) is 5.60 Å². The first-order valence-corrected chi connectivity index (χ1v) is 10.7. The fourth-order valence-corrected chi connectivity index (χ4v) is 3.07. The van der Waals surface area contributed by atoms with E-state index in [9.17, 15) is 24.5 Å². The highest BCUT2D eigenvalue weighted by Gasteiger charge is 2.27. The lowest BCUT2D eigenvalue weighted by Crippen LogP contribution is -2.31. The van der Waals surface area contributed by atoms with E-state index in [0.717, 1.165) is 0 Å². The summed E-state index contributed by atoms with van der Waals surface area (Å²) in [7, 11) is 0. The second-order valence-corrected chi connectivity index (χ2v) is 8.79. The third kappa shape index (κ3) is 8.19. The van der Waals surface area contributed by atoms with Crippen molar-refractivity contribution in [2.75, 3.05) is 5.32 Å². The first kappa shape index (κ1) is 26.3. The summed E-state index contributed by atoms with van der Waals surface area (Å²) >= 11 is 0. The molecule has 0 fully saturated rings. The normalized spacial score (nSPS) is 11.9. The van der Waals surface area contributed by atoms with Gasteiger partial charge in [0.15, 0.2) is 0 Å². The van der Waals surface area contributed by atoms with Gasteiger partial charge in [0.2, 0.25) is 0 Å². The zero-order valence-corrected chi connectivity index (χ0v) is 19.8. The first-order valence-electron chi connectivity index (χ1n) is 10.7. The van der Waals surface area contributed by atoms with E-state index >= 15 is 0 Å². The molecule has 2 aromatic carbocycles. The summed E-state index contributed by atoms with van der Waals surface area (Å²) in [6.07, 6.45) is -1.37. The molecule has 0 aliphatic carbocycles. The van der Waals surface area contributed by atoms with Crippen LogP contribution in [-0.4, -0.2) is 34.6 Å². The third-order valence-corrected chi connectivity index (χ3v) is 4.32. The van der Waals surface area contributed by atoms with Gasteiger partial charge in [-0.2, -0.15) is 0 Å². The number of nitro benzene ring substituents is 1. The molecule has 10 nitrogen and oxygen atoms in total. The van der Waals surface area contributed by atoms with Crippen LogP contribution in [0.3, 0.4) is 0 Å². The smallest absolute Gasteiger partial charge is 0.412 e. The van der Waals surface area contributed by atoms with Crippen LogP contribution in [0, 0.1) is 10.1 Å². The highest BCUT2D eigenvalue weighted by Crippen LogP contribution is 2.28. The van der Waals surface area contributed by atoms with Crippen molar-refractivity contribution in [1.82, 2.24) is 5.32 Å². The lowest BCUT2D eigenvalue weighted by molar-refractivity contribution is -0.385. The Hall–Kier alpha value is -3.95. The Morgan fingerprint density at radius 3 is 2.35 bits per heavy atom. The predicted octanol–water partition coefficient (Wildman–Crippen LogP) is 4.75. The molecule has 182 valence electrons. The molecule has 0 saturated carbocycles. The fourth-order valence-electron chi connectivity index (χ4n) is 3.07. The van der Waals surface area contributed by atoms with Gasteiger partial charge in [-0.25, -0.2) is 4.79 Å². The number of hydrogen-bond donors (Lipinski definition) is 2. The Morgan fingerprint density at radius 2 is 1.74 bits per heavy atom. The van der Waals surface area contributed by atoms with Crippen LogP contribution in [0.5, 0.6) is 0 Å². The maximum Gasteiger partial charge on any atom is 0.412 e. The lowest BCUT2D eigenvalue weighted by atomic mass is 10.0. The number of amides is 2. The zero-order valence-electron chi connectivity index (χ0n) is 19.8. The average molecular weight is 472 g/mol. The second kappa shape index (κ2) is 11.3. The number of nitrogens with zero attached hydrogens (tertiary/aromatic N) is 1. The van der Waals surface area contributed by atoms with Gasteiger partial charge in [0.05, 0.1) is 29.1 Å². The lowest BCUT2D eigenvalue weighted by Gasteiger charge is -2.20. The van der Waals surface area contributed by atoms with E-state index in [0.29, 0.717) is 5.69 Å². The SMILES string of the molecule is CC(C)OC(=O)CC(NC(=O)c1cccc(NC(=O)OC(C)(C)C)c1)c1ccccc1[N+](=O)[O-]. The molecule has 34 heavy (non-hydrogen) atoms. The molecular formula is C24H29N3O7. The van der Waals surface area contributed by atoms with Crippen LogP contribution in [0.25, 0.3) is 0 Å². The molecule has 0 aromatic heterocycles. The average Bonchev–Trinajstić information content (AvgIpc) is 2.71. The van der Waals surface area contributed by atoms with Crippen molar-refractivity contribution in [3.8, 4) is 0 Å². The van der Waals surface area contributed by atoms with Crippen LogP contribution in [0.4, 0.5) is 16.2 Å². The van der Waals surface area contributed by atoms with Crippen molar-refractivity contribution < 1.29 is 28.8 Å². The number of nitro groups is 1. The van der Waals surface area contributed by atoms with Crippen molar-refractivity contribution in [2.45, 2.75) is 58.8 Å². The van der Waals surface area contributed by atoms with E-state index in [4.69, 9.17) is 9.47 Å². The summed E-state index contributed by atoms with van der Waals surface area (Å²) in [5.41, 5.74) is -0.255. The number of para-hydroxylation sites is 1. The van der Waals surface area contributed by atoms with E-state index in [-0.39, 0.29) is 29.3 Å². The number of anilines is 1. The van der Waals surface area contributed by atoms with Gasteiger partial charge in [-0.1, -0.05) is 24.3 Å². The number of rotatable bonds is 8. The molecule has 0 saturated heterocycles. The van der Waals surface area contributed by atoms with E-state index < -0.39 is 34.5 Å². The minimum atomic E-state index is -1.01. The second-order valence-electron chi connectivity index (χ2n) is 8.79. The molecular weight excluding hydrogens is 442 g/mol. The molecule has 0 bridgehead atoms. The largest absolute Gasteiger partial charge is 0.463 e. The molecule has 2 amide bonds. The van der Waals surface area contributed by atoms with Crippen molar-refractivity contribution in [1.29, 1.82) is 0 Å². The first-order chi connectivity index (χ1) is 15.9. The van der Waals surface area contributed by atoms with Crippen molar-refractivity contribution >= 4 is 29.3 Å². The number of benzene rings is 2. The summed E-state index contributed by atoms with van der Waals surface area (Å²) < 4.78 is 10.4. The highest BCUT2D eigenvalue weighted by molar-refractivity contribution is 5.96. The molecule has 0 aliphatic rings. The summed E-state index contributed by atoms with van der Waals surface area (Å²) in [6.45, 7) is 8.54. The monoisotopic (exact) mass is 471 g/mol. The maximum atomic E-state index is 13.0. The van der Waals surface area contributed by atoms with Crippen LogP contribution in [0.15, 0.2) is 48.5 Å². The van der Waals surface area contributed by atoms with Crippen molar-refractivity contribution in [2.24, 2.45) is 0 Å². The minimum absolute atomic E-state index is 0.171. The number of carbonyl (C=O) groups excluding carboxylic acids is 3. The standard InChI is InChI=1S/C24H29N3O7/c1-15(2)33-21(28)14-19(18-11-6-7-12-20(18)27(31)32)26-22(29)16-9-8-10-17(13-16)25-23(30)34-24(3,4)5/h6-13,15,19H,14H2,1-5H3,(H,25,30)(H,26,29). The van der Waals surface area contributed by atoms with Gasteiger partial charge >= 0.3 is 12.1 Å². The van der Waals surface area contributed by atoms with Gasteiger partial charge in [-0.3, -0.25) is 25.0 Å². The van der Waals surface area contributed by atoms with E-state index in [2.05, 4.69) is 10.6 Å². The highest BCUT2D eigenvalue weighted by atomic mass is 16.6. The van der Waals surface area contributed by atoms with Gasteiger partial charge in [0.25, 0.3) is 11.6 Å². The molecule has 1 unspecified atom stereocenters. The molecule has 0 aliphatic heterocycles. The molecule has 0 heterocycles. The Bertz CT molecular complexity index is 1060. The summed E-state index contributed by atoms with van der Waals surface area (Å²) in [5, 5.41) is 16.7. The number of esters is 1. The maximum absolute atomic E-state index is 13.0. The van der Waals surface area contributed by atoms with E-state index in [1.54, 1.807) is 52.8 Å². The molecule has 2 N–H and O–H groups in total. The molecule has 2 aromatic rings. The van der Waals surface area contributed by atoms with E-state index in [1.807, 2.05) is 0 Å². The Kier molecular flexibility index (Phi) is 8.71. The predicted molar refractivity (Wildman–Crippen MR) is 125 cm³/mol. The van der Waals surface area contributed by atoms with Crippen molar-refractivity contribution in [3.63, 3.8) is 0 Å². The van der Waals surface area contributed by atoms with Crippen LogP contribution >= 0.6 is 0 Å². The Balaban J connectivity index is 2.28. The zero-order chi connectivity index (χ0) is 25.5. The molecule has 10 heteroatoms. The Morgan fingerprint density at radius 1 is 1.06 bits per heavy atom. The van der Waals surface area contributed by atoms with Gasteiger partial charge in [-0.15, -0.1) is 0 Å². The number of carbonyl (C=O) groups is 3. The Labute approximate surface area is 197 Å².